The molecule has 0 aliphatic carbocycles. The largest absolute Gasteiger partial charge is 0.504 e. The summed E-state index contributed by atoms with van der Waals surface area (Å²) in [7, 11) is 4.50. The van der Waals surface area contributed by atoms with Crippen LogP contribution in [0.1, 0.15) is 34.3 Å². The van der Waals surface area contributed by atoms with Gasteiger partial charge in [-0.3, -0.25) is 0 Å². The van der Waals surface area contributed by atoms with Gasteiger partial charge in [0.05, 0.1) is 33.9 Å². The van der Waals surface area contributed by atoms with Crippen molar-refractivity contribution in [2.75, 3.05) is 41.2 Å². The Balaban J connectivity index is 1.61. The van der Waals surface area contributed by atoms with Crippen molar-refractivity contribution in [2.24, 2.45) is 11.8 Å². The van der Waals surface area contributed by atoms with E-state index in [9.17, 15) is 25.5 Å². The average Bonchev–Trinajstić information content (AvgIpc) is 3.33. The molecular formula is C30H36O9. The average molecular weight is 541 g/mol. The van der Waals surface area contributed by atoms with Crippen molar-refractivity contribution in [2.45, 2.75) is 24.9 Å². The second-order valence-electron chi connectivity index (χ2n) is 9.77. The van der Waals surface area contributed by atoms with Gasteiger partial charge in [-0.1, -0.05) is 18.2 Å². The molecule has 5 N–H and O–H groups in total. The molecule has 210 valence electrons. The molecule has 1 aliphatic rings. The number of aromatic hydroxyl groups is 2. The fourth-order valence-corrected chi connectivity index (χ4v) is 5.31. The molecule has 9 heteroatoms. The Kier molecular flexibility index (Phi) is 9.06. The number of fused-ring (bicyclic) bond motifs is 1. The molecule has 39 heavy (non-hydrogen) atoms. The molecule has 9 nitrogen and oxygen atoms in total. The van der Waals surface area contributed by atoms with Crippen LogP contribution in [-0.2, 0) is 12.8 Å². The van der Waals surface area contributed by atoms with E-state index in [0.29, 0.717) is 35.8 Å². The van der Waals surface area contributed by atoms with Gasteiger partial charge in [-0.2, -0.15) is 0 Å². The summed E-state index contributed by atoms with van der Waals surface area (Å²) in [5.41, 5.74) is 3.26. The van der Waals surface area contributed by atoms with Crippen LogP contribution >= 0.6 is 0 Å². The van der Waals surface area contributed by atoms with E-state index >= 15 is 0 Å². The fraction of sp³-hybridized carbons (Fsp3) is 0.400. The second-order valence-corrected chi connectivity index (χ2v) is 9.77. The van der Waals surface area contributed by atoms with E-state index in [1.165, 1.54) is 20.3 Å². The lowest BCUT2D eigenvalue weighted by Gasteiger charge is -2.25. The number of phenolic OH excluding ortho intramolecular Hbond substituents is 2. The van der Waals surface area contributed by atoms with Gasteiger partial charge < -0.3 is 44.5 Å². The van der Waals surface area contributed by atoms with E-state index in [-0.39, 0.29) is 43.2 Å². The molecule has 1 heterocycles. The van der Waals surface area contributed by atoms with Crippen molar-refractivity contribution in [1.29, 1.82) is 0 Å². The van der Waals surface area contributed by atoms with E-state index in [1.807, 2.05) is 12.1 Å². The van der Waals surface area contributed by atoms with E-state index in [1.54, 1.807) is 37.4 Å². The number of ether oxygens (including phenoxy) is 4. The van der Waals surface area contributed by atoms with Gasteiger partial charge >= 0.3 is 0 Å². The van der Waals surface area contributed by atoms with Crippen LogP contribution in [0.5, 0.6) is 34.5 Å². The molecule has 0 spiro atoms. The predicted octanol–water partition coefficient (Wildman–Crippen LogP) is 3.34. The van der Waals surface area contributed by atoms with Crippen LogP contribution in [0.2, 0.25) is 0 Å². The van der Waals surface area contributed by atoms with Gasteiger partial charge in [-0.25, -0.2) is 0 Å². The lowest BCUT2D eigenvalue weighted by atomic mass is 9.82. The first-order valence-corrected chi connectivity index (χ1v) is 12.8. The summed E-state index contributed by atoms with van der Waals surface area (Å²) >= 11 is 0. The zero-order chi connectivity index (χ0) is 28.1. The molecule has 4 atom stereocenters. The van der Waals surface area contributed by atoms with Crippen LogP contribution in [0.15, 0.2) is 48.5 Å². The Labute approximate surface area is 227 Å². The first-order valence-electron chi connectivity index (χ1n) is 12.8. The lowest BCUT2D eigenvalue weighted by Crippen LogP contribution is -2.26. The van der Waals surface area contributed by atoms with Crippen LogP contribution in [0.4, 0.5) is 0 Å². The monoisotopic (exact) mass is 540 g/mol. The molecule has 4 unspecified atom stereocenters. The third-order valence-electron chi connectivity index (χ3n) is 7.48. The summed E-state index contributed by atoms with van der Waals surface area (Å²) in [6.45, 7) is -0.460. The van der Waals surface area contributed by atoms with Crippen molar-refractivity contribution >= 4 is 0 Å². The molecule has 0 saturated heterocycles. The van der Waals surface area contributed by atoms with Crippen molar-refractivity contribution in [3.63, 3.8) is 0 Å². The zero-order valence-corrected chi connectivity index (χ0v) is 22.3. The third kappa shape index (κ3) is 5.85. The van der Waals surface area contributed by atoms with Crippen molar-refractivity contribution < 1.29 is 44.5 Å². The Morgan fingerprint density at radius 3 is 1.87 bits per heavy atom. The quantitative estimate of drug-likeness (QED) is 0.234. The van der Waals surface area contributed by atoms with E-state index in [2.05, 4.69) is 0 Å². The molecule has 4 rings (SSSR count). The van der Waals surface area contributed by atoms with Crippen molar-refractivity contribution in [3.05, 3.63) is 70.8 Å². The summed E-state index contributed by atoms with van der Waals surface area (Å²) in [5.74, 6) is 0.825. The van der Waals surface area contributed by atoms with Crippen molar-refractivity contribution in [1.82, 2.24) is 0 Å². The summed E-state index contributed by atoms with van der Waals surface area (Å²) < 4.78 is 22.4. The number of benzene rings is 3. The fourth-order valence-electron chi connectivity index (χ4n) is 5.31. The molecule has 3 aromatic carbocycles. The van der Waals surface area contributed by atoms with Crippen LogP contribution in [0.25, 0.3) is 0 Å². The zero-order valence-electron chi connectivity index (χ0n) is 22.3. The highest BCUT2D eigenvalue weighted by molar-refractivity contribution is 5.56. The maximum Gasteiger partial charge on any atom is 0.165 e. The molecule has 0 saturated carbocycles. The van der Waals surface area contributed by atoms with Crippen LogP contribution in [0.3, 0.4) is 0 Å². The standard InChI is InChI=1S/C30H36O9/c1-36-26-11-17(4-6-24(26)34)8-20(14-31)21(15-32)9-18-10-22-23(16-33)29(39-30(22)28(12-18)38-3)19-5-7-25(35)27(13-19)37-2/h4-7,10-13,20-21,23,29,31-35H,8-9,14-16H2,1-3H3. The summed E-state index contributed by atoms with van der Waals surface area (Å²) in [4.78, 5) is 0. The second kappa shape index (κ2) is 12.5. The van der Waals surface area contributed by atoms with Gasteiger partial charge in [0.25, 0.3) is 0 Å². The summed E-state index contributed by atoms with van der Waals surface area (Å²) in [5, 5.41) is 50.8. The third-order valence-corrected chi connectivity index (χ3v) is 7.48. The summed E-state index contributed by atoms with van der Waals surface area (Å²) in [6.07, 6.45) is 0.413. The van der Waals surface area contributed by atoms with Gasteiger partial charge in [0.15, 0.2) is 34.5 Å². The van der Waals surface area contributed by atoms with E-state index in [4.69, 9.17) is 18.9 Å². The Morgan fingerprint density at radius 1 is 0.718 bits per heavy atom. The Hall–Kier alpha value is -3.66. The maximum absolute atomic E-state index is 10.4. The minimum atomic E-state index is -0.521. The topological polar surface area (TPSA) is 138 Å². The molecule has 0 fully saturated rings. The van der Waals surface area contributed by atoms with Crippen LogP contribution in [-0.4, -0.2) is 66.7 Å². The molecule has 0 amide bonds. The lowest BCUT2D eigenvalue weighted by molar-refractivity contribution is 0.119. The minimum absolute atomic E-state index is 0.0106. The highest BCUT2D eigenvalue weighted by Gasteiger charge is 2.38. The Morgan fingerprint density at radius 2 is 1.28 bits per heavy atom. The van der Waals surface area contributed by atoms with Gasteiger partial charge in [-0.05, 0) is 71.7 Å². The number of methoxy groups -OCH3 is 3. The normalized spacial score (nSPS) is 17.7. The van der Waals surface area contributed by atoms with E-state index in [0.717, 1.165) is 22.3 Å². The number of aliphatic hydroxyl groups excluding tert-OH is 3. The smallest absolute Gasteiger partial charge is 0.165 e. The van der Waals surface area contributed by atoms with Gasteiger partial charge in [0.2, 0.25) is 0 Å². The molecule has 0 radical (unpaired) electrons. The molecule has 1 aliphatic heterocycles. The Bertz CT molecular complexity index is 1280. The minimum Gasteiger partial charge on any atom is -0.504 e. The molecule has 0 aromatic heterocycles. The maximum atomic E-state index is 10.4. The highest BCUT2D eigenvalue weighted by atomic mass is 16.5. The van der Waals surface area contributed by atoms with Crippen LogP contribution < -0.4 is 18.9 Å². The number of phenols is 2. The van der Waals surface area contributed by atoms with Gasteiger partial charge in [-0.15, -0.1) is 0 Å². The first kappa shape index (κ1) is 28.4. The molecule has 3 aromatic rings. The van der Waals surface area contributed by atoms with Crippen LogP contribution in [0, 0.1) is 11.8 Å². The summed E-state index contributed by atoms with van der Waals surface area (Å²) in [6, 6.07) is 13.8. The van der Waals surface area contributed by atoms with Gasteiger partial charge in [0, 0.05) is 18.8 Å². The first-order chi connectivity index (χ1) is 18.9. The predicted molar refractivity (Wildman–Crippen MR) is 144 cm³/mol. The van der Waals surface area contributed by atoms with E-state index < -0.39 is 12.0 Å². The number of hydrogen-bond donors (Lipinski definition) is 5. The number of hydrogen-bond acceptors (Lipinski definition) is 9. The molecular weight excluding hydrogens is 504 g/mol. The highest BCUT2D eigenvalue weighted by Crippen LogP contribution is 2.51. The van der Waals surface area contributed by atoms with Gasteiger partial charge in [0.1, 0.15) is 6.10 Å². The number of rotatable bonds is 12. The number of aliphatic hydroxyl groups is 3. The molecule has 0 bridgehead atoms. The SMILES string of the molecule is COc1cc(CC(CO)C(CO)Cc2cc(OC)c3c(c2)C(CO)C(c2ccc(O)c(OC)c2)O3)ccc1O. The van der Waals surface area contributed by atoms with Crippen molar-refractivity contribution in [3.8, 4) is 34.5 Å².